The van der Waals surface area contributed by atoms with Crippen LogP contribution >= 0.6 is 0 Å². The number of hydrogen-bond donors (Lipinski definition) is 0. The first-order valence-corrected chi connectivity index (χ1v) is 13.8. The normalized spacial score (nSPS) is 18.1. The predicted octanol–water partition coefficient (Wildman–Crippen LogP) is 7.34. The van der Waals surface area contributed by atoms with Gasteiger partial charge in [-0.15, -0.1) is 0 Å². The highest BCUT2D eigenvalue weighted by Gasteiger charge is 2.42. The van der Waals surface area contributed by atoms with Gasteiger partial charge in [-0.2, -0.15) is 9.13 Å². The summed E-state index contributed by atoms with van der Waals surface area (Å²) in [6.45, 7) is 6.66. The number of hydrogen-bond acceptors (Lipinski definition) is 2. The SMILES string of the molecule is C=C1CC2C(CCc3cc4oc5nc(C)ccc5c4cc3-c3cccc[n+]31)c1ccccc1-c1cccc[n+]12. The largest absolute Gasteiger partial charge is 0.438 e. The predicted molar refractivity (Wildman–Crippen MR) is 154 cm³/mol. The summed E-state index contributed by atoms with van der Waals surface area (Å²) < 4.78 is 11.1. The molecular weight excluding hydrogens is 478 g/mol. The Labute approximate surface area is 227 Å². The Morgan fingerprint density at radius 3 is 2.59 bits per heavy atom. The number of fused-ring (bicyclic) bond motifs is 12. The molecule has 8 rings (SSSR count). The van der Waals surface area contributed by atoms with Crippen molar-refractivity contribution >= 4 is 27.8 Å². The molecule has 2 aliphatic rings. The number of aromatic nitrogens is 3. The van der Waals surface area contributed by atoms with Crippen molar-refractivity contribution < 1.29 is 13.6 Å². The number of benzene rings is 2. The van der Waals surface area contributed by atoms with E-state index >= 15 is 0 Å². The summed E-state index contributed by atoms with van der Waals surface area (Å²) in [4.78, 5) is 4.67. The van der Waals surface area contributed by atoms with Crippen LogP contribution in [-0.4, -0.2) is 4.98 Å². The van der Waals surface area contributed by atoms with Crippen molar-refractivity contribution in [3.63, 3.8) is 0 Å². The lowest BCUT2D eigenvalue weighted by atomic mass is 9.77. The summed E-state index contributed by atoms with van der Waals surface area (Å²) in [5, 5.41) is 2.17. The molecule has 4 aromatic heterocycles. The molecule has 188 valence electrons. The molecule has 0 fully saturated rings. The second-order valence-corrected chi connectivity index (χ2v) is 10.9. The lowest BCUT2D eigenvalue weighted by molar-refractivity contribution is -0.720. The fourth-order valence-electron chi connectivity index (χ4n) is 6.89. The minimum atomic E-state index is 0.285. The van der Waals surface area contributed by atoms with Gasteiger partial charge in [-0.05, 0) is 79.9 Å². The van der Waals surface area contributed by atoms with Crippen molar-refractivity contribution in [3.8, 4) is 22.5 Å². The molecule has 6 heterocycles. The fourth-order valence-corrected chi connectivity index (χ4v) is 6.89. The summed E-state index contributed by atoms with van der Waals surface area (Å²) in [7, 11) is 0. The summed E-state index contributed by atoms with van der Waals surface area (Å²) in [5.41, 5.74) is 11.4. The van der Waals surface area contributed by atoms with E-state index in [-0.39, 0.29) is 6.04 Å². The van der Waals surface area contributed by atoms with E-state index in [1.165, 1.54) is 33.6 Å². The topological polar surface area (TPSA) is 33.8 Å². The summed E-state index contributed by atoms with van der Waals surface area (Å²) in [6.07, 6.45) is 7.28. The second-order valence-electron chi connectivity index (χ2n) is 10.9. The molecule has 0 amide bonds. The molecule has 0 N–H and O–H groups in total. The number of furan rings is 1. The summed E-state index contributed by atoms with van der Waals surface area (Å²) >= 11 is 0. The molecule has 39 heavy (non-hydrogen) atoms. The molecular formula is C35H29N3O+2. The van der Waals surface area contributed by atoms with Gasteiger partial charge in [-0.1, -0.05) is 18.2 Å². The van der Waals surface area contributed by atoms with E-state index in [0.717, 1.165) is 47.0 Å². The quantitative estimate of drug-likeness (QED) is 0.202. The molecule has 2 unspecified atom stereocenters. The van der Waals surface area contributed by atoms with Crippen molar-refractivity contribution in [2.45, 2.75) is 38.1 Å². The Morgan fingerprint density at radius 1 is 0.846 bits per heavy atom. The first-order chi connectivity index (χ1) is 19.2. The van der Waals surface area contributed by atoms with Gasteiger partial charge in [0.05, 0.1) is 12.0 Å². The number of pyridine rings is 3. The molecule has 0 radical (unpaired) electrons. The molecule has 6 aromatic rings. The van der Waals surface area contributed by atoms with Gasteiger partial charge in [-0.25, -0.2) is 4.98 Å². The first kappa shape index (κ1) is 22.4. The zero-order valence-corrected chi connectivity index (χ0v) is 22.0. The van der Waals surface area contributed by atoms with Gasteiger partial charge >= 0.3 is 0 Å². The van der Waals surface area contributed by atoms with Crippen molar-refractivity contribution in [1.29, 1.82) is 0 Å². The Balaban J connectivity index is 1.36. The van der Waals surface area contributed by atoms with Gasteiger partial charge in [-0.3, -0.25) is 0 Å². The second kappa shape index (κ2) is 8.47. The minimum absolute atomic E-state index is 0.285. The Kier molecular flexibility index (Phi) is 4.87. The first-order valence-electron chi connectivity index (χ1n) is 13.8. The summed E-state index contributed by atoms with van der Waals surface area (Å²) in [5.74, 6) is 0.368. The number of allylic oxidation sites excluding steroid dienone is 1. The summed E-state index contributed by atoms with van der Waals surface area (Å²) in [6, 6.07) is 31.0. The standard InChI is InChI=1S/C35H29N3O/c1-22-13-15-28-30-21-29-24(20-34(30)39-35(28)36-22)14-16-27-25-9-3-4-10-26(25)31-11-6-8-18-38(31)33(27)19-23(2)37-17-7-5-12-32(29)37/h3-13,15,17-18,20-21,27,33H,2,14,16,19H2,1H3/q+2. The fraction of sp³-hybridized carbons (Fsp3) is 0.171. The van der Waals surface area contributed by atoms with Crippen LogP contribution in [0.15, 0.2) is 108 Å². The molecule has 2 atom stereocenters. The average Bonchev–Trinajstić information content (AvgIpc) is 3.32. The van der Waals surface area contributed by atoms with Crippen LogP contribution in [0.25, 0.3) is 50.3 Å². The van der Waals surface area contributed by atoms with E-state index in [0.29, 0.717) is 11.6 Å². The third-order valence-electron chi connectivity index (χ3n) is 8.70. The third kappa shape index (κ3) is 3.41. The lowest BCUT2D eigenvalue weighted by Crippen LogP contribution is -2.49. The maximum Gasteiger partial charge on any atom is 0.227 e. The molecule has 2 aliphatic heterocycles. The van der Waals surface area contributed by atoms with Crippen LogP contribution in [0.3, 0.4) is 0 Å². The molecule has 0 saturated carbocycles. The van der Waals surface area contributed by atoms with Crippen molar-refractivity contribution in [2.24, 2.45) is 0 Å². The third-order valence-corrected chi connectivity index (χ3v) is 8.70. The van der Waals surface area contributed by atoms with Crippen LogP contribution in [0.4, 0.5) is 0 Å². The lowest BCUT2D eigenvalue weighted by Gasteiger charge is -2.31. The van der Waals surface area contributed by atoms with Gasteiger partial charge in [0.2, 0.25) is 17.1 Å². The van der Waals surface area contributed by atoms with Crippen LogP contribution in [-0.2, 0) is 6.42 Å². The smallest absolute Gasteiger partial charge is 0.227 e. The molecule has 0 spiro atoms. The maximum atomic E-state index is 6.31. The van der Waals surface area contributed by atoms with E-state index in [1.54, 1.807) is 0 Å². The Bertz CT molecular complexity index is 1950. The van der Waals surface area contributed by atoms with Crippen LogP contribution in [0.2, 0.25) is 0 Å². The average molecular weight is 508 g/mol. The van der Waals surface area contributed by atoms with Crippen LogP contribution < -0.4 is 9.13 Å². The van der Waals surface area contributed by atoms with Crippen LogP contribution in [0.5, 0.6) is 0 Å². The van der Waals surface area contributed by atoms with Gasteiger partial charge in [0.1, 0.15) is 5.58 Å². The van der Waals surface area contributed by atoms with E-state index in [1.807, 2.05) is 6.92 Å². The zero-order chi connectivity index (χ0) is 26.1. The zero-order valence-electron chi connectivity index (χ0n) is 22.0. The molecule has 0 saturated heterocycles. The van der Waals surface area contributed by atoms with Crippen molar-refractivity contribution in [3.05, 3.63) is 121 Å². The van der Waals surface area contributed by atoms with Crippen molar-refractivity contribution in [1.82, 2.24) is 4.98 Å². The van der Waals surface area contributed by atoms with Gasteiger partial charge < -0.3 is 4.42 Å². The van der Waals surface area contributed by atoms with Crippen molar-refractivity contribution in [2.75, 3.05) is 0 Å². The maximum absolute atomic E-state index is 6.31. The molecule has 0 aliphatic carbocycles. The monoisotopic (exact) mass is 507 g/mol. The minimum Gasteiger partial charge on any atom is -0.438 e. The highest BCUT2D eigenvalue weighted by atomic mass is 16.3. The molecule has 4 nitrogen and oxygen atoms in total. The highest BCUT2D eigenvalue weighted by Crippen LogP contribution is 2.44. The van der Waals surface area contributed by atoms with E-state index in [4.69, 9.17) is 4.42 Å². The number of aryl methyl sites for hydroxylation is 2. The van der Waals surface area contributed by atoms with E-state index in [9.17, 15) is 0 Å². The highest BCUT2D eigenvalue weighted by molar-refractivity contribution is 6.05. The number of rotatable bonds is 0. The van der Waals surface area contributed by atoms with E-state index in [2.05, 4.69) is 118 Å². The van der Waals surface area contributed by atoms with Gasteiger partial charge in [0.15, 0.2) is 24.1 Å². The molecule has 4 heteroatoms. The number of nitrogens with zero attached hydrogens (tertiary/aromatic N) is 3. The van der Waals surface area contributed by atoms with E-state index < -0.39 is 0 Å². The van der Waals surface area contributed by atoms with Crippen LogP contribution in [0.1, 0.15) is 41.6 Å². The Morgan fingerprint density at radius 2 is 1.67 bits per heavy atom. The Hall–Kier alpha value is -4.57. The molecule has 0 bridgehead atoms. The molecule has 2 aromatic carbocycles. The van der Waals surface area contributed by atoms with Gasteiger partial charge in [0, 0.05) is 52.2 Å². The van der Waals surface area contributed by atoms with Crippen LogP contribution in [0, 0.1) is 6.92 Å². The van der Waals surface area contributed by atoms with Gasteiger partial charge in [0.25, 0.3) is 0 Å².